The number of carboxylic acid groups (broad SMARTS) is 1. The van der Waals surface area contributed by atoms with Gasteiger partial charge in [-0.1, -0.05) is 30.3 Å². The SMILES string of the molecule is CC(NC(=O)c1occc1-c1ccccc1)C(C)C(=O)O. The second-order valence-corrected chi connectivity index (χ2v) is 4.92. The number of rotatable bonds is 5. The molecule has 5 nitrogen and oxygen atoms in total. The van der Waals surface area contributed by atoms with Crippen LogP contribution in [0.1, 0.15) is 24.4 Å². The van der Waals surface area contributed by atoms with Crippen LogP contribution < -0.4 is 5.32 Å². The van der Waals surface area contributed by atoms with Crippen LogP contribution in [0.25, 0.3) is 11.1 Å². The molecule has 1 aromatic carbocycles. The Morgan fingerprint density at radius 2 is 1.81 bits per heavy atom. The zero-order chi connectivity index (χ0) is 15.4. The lowest BCUT2D eigenvalue weighted by Crippen LogP contribution is -2.40. The standard InChI is InChI=1S/C16H17NO4/c1-10(16(19)20)11(2)17-15(18)14-13(8-9-21-14)12-6-4-3-5-7-12/h3-11H,1-2H3,(H,17,18)(H,19,20). The molecular formula is C16H17NO4. The highest BCUT2D eigenvalue weighted by Crippen LogP contribution is 2.24. The first-order chi connectivity index (χ1) is 10.0. The van der Waals surface area contributed by atoms with E-state index in [4.69, 9.17) is 9.52 Å². The van der Waals surface area contributed by atoms with E-state index in [9.17, 15) is 9.59 Å². The van der Waals surface area contributed by atoms with Crippen LogP contribution in [0.15, 0.2) is 47.1 Å². The molecule has 0 bridgehead atoms. The average Bonchev–Trinajstić information content (AvgIpc) is 2.96. The maximum atomic E-state index is 12.2. The average molecular weight is 287 g/mol. The topological polar surface area (TPSA) is 79.5 Å². The highest BCUT2D eigenvalue weighted by molar-refractivity contribution is 5.98. The number of carboxylic acids is 1. The van der Waals surface area contributed by atoms with Gasteiger partial charge in [0.1, 0.15) is 0 Å². The van der Waals surface area contributed by atoms with Gasteiger partial charge in [0.05, 0.1) is 12.2 Å². The fourth-order valence-electron chi connectivity index (χ4n) is 1.94. The Hall–Kier alpha value is -2.56. The Bertz CT molecular complexity index is 633. The van der Waals surface area contributed by atoms with Crippen molar-refractivity contribution in [3.63, 3.8) is 0 Å². The third-order valence-corrected chi connectivity index (χ3v) is 3.45. The summed E-state index contributed by atoms with van der Waals surface area (Å²) in [6, 6.07) is 10.6. The van der Waals surface area contributed by atoms with E-state index in [0.717, 1.165) is 5.56 Å². The van der Waals surface area contributed by atoms with Crippen molar-refractivity contribution >= 4 is 11.9 Å². The second kappa shape index (κ2) is 6.26. The van der Waals surface area contributed by atoms with Crippen LogP contribution in [0.4, 0.5) is 0 Å². The Labute approximate surface area is 122 Å². The lowest BCUT2D eigenvalue weighted by Gasteiger charge is -2.17. The number of benzene rings is 1. The van der Waals surface area contributed by atoms with Gasteiger partial charge in [-0.15, -0.1) is 0 Å². The van der Waals surface area contributed by atoms with Gasteiger partial charge < -0.3 is 14.8 Å². The number of carbonyl (C=O) groups is 2. The predicted octanol–water partition coefficient (Wildman–Crippen LogP) is 2.79. The van der Waals surface area contributed by atoms with Crippen LogP contribution in [0, 0.1) is 5.92 Å². The van der Waals surface area contributed by atoms with E-state index in [1.54, 1.807) is 19.9 Å². The zero-order valence-corrected chi connectivity index (χ0v) is 11.9. The summed E-state index contributed by atoms with van der Waals surface area (Å²) >= 11 is 0. The maximum absolute atomic E-state index is 12.2. The zero-order valence-electron chi connectivity index (χ0n) is 11.9. The Kier molecular flexibility index (Phi) is 4.42. The molecule has 2 aromatic rings. The van der Waals surface area contributed by atoms with Crippen molar-refractivity contribution in [1.29, 1.82) is 0 Å². The first-order valence-electron chi connectivity index (χ1n) is 6.67. The lowest BCUT2D eigenvalue weighted by molar-refractivity contribution is -0.141. The molecule has 21 heavy (non-hydrogen) atoms. The first-order valence-corrected chi connectivity index (χ1v) is 6.67. The minimum absolute atomic E-state index is 0.186. The van der Waals surface area contributed by atoms with Gasteiger partial charge in [-0.25, -0.2) is 0 Å². The van der Waals surface area contributed by atoms with Crippen LogP contribution in [-0.2, 0) is 4.79 Å². The molecule has 1 heterocycles. The highest BCUT2D eigenvalue weighted by Gasteiger charge is 2.24. The number of hydrogen-bond acceptors (Lipinski definition) is 3. The monoisotopic (exact) mass is 287 g/mol. The minimum Gasteiger partial charge on any atom is -0.481 e. The number of furan rings is 1. The molecule has 5 heteroatoms. The van der Waals surface area contributed by atoms with Gasteiger partial charge in [-0.3, -0.25) is 9.59 Å². The van der Waals surface area contributed by atoms with E-state index >= 15 is 0 Å². The molecule has 2 rings (SSSR count). The van der Waals surface area contributed by atoms with E-state index in [1.165, 1.54) is 6.26 Å². The molecule has 0 saturated heterocycles. The molecule has 0 spiro atoms. The number of amides is 1. The van der Waals surface area contributed by atoms with Gasteiger partial charge in [-0.05, 0) is 25.5 Å². The molecule has 0 aliphatic rings. The van der Waals surface area contributed by atoms with Gasteiger partial charge >= 0.3 is 5.97 Å². The molecule has 0 fully saturated rings. The number of aliphatic carboxylic acids is 1. The molecule has 0 radical (unpaired) electrons. The molecule has 110 valence electrons. The van der Waals surface area contributed by atoms with Crippen molar-refractivity contribution < 1.29 is 19.1 Å². The number of hydrogen-bond donors (Lipinski definition) is 2. The maximum Gasteiger partial charge on any atom is 0.308 e. The van der Waals surface area contributed by atoms with Crippen LogP contribution >= 0.6 is 0 Å². The molecule has 0 saturated carbocycles. The van der Waals surface area contributed by atoms with E-state index in [0.29, 0.717) is 5.56 Å². The number of carbonyl (C=O) groups excluding carboxylic acids is 1. The quantitative estimate of drug-likeness (QED) is 0.886. The Morgan fingerprint density at radius 1 is 1.14 bits per heavy atom. The summed E-state index contributed by atoms with van der Waals surface area (Å²) < 4.78 is 5.26. The molecule has 2 unspecified atom stereocenters. The molecular weight excluding hydrogens is 270 g/mol. The molecule has 0 aliphatic carbocycles. The summed E-state index contributed by atoms with van der Waals surface area (Å²) in [6.07, 6.45) is 1.45. The summed E-state index contributed by atoms with van der Waals surface area (Å²) in [5.74, 6) is -1.86. The van der Waals surface area contributed by atoms with Gasteiger partial charge in [-0.2, -0.15) is 0 Å². The van der Waals surface area contributed by atoms with E-state index in [2.05, 4.69) is 5.32 Å². The third-order valence-electron chi connectivity index (χ3n) is 3.45. The summed E-state index contributed by atoms with van der Waals surface area (Å²) in [5, 5.41) is 11.6. The van der Waals surface area contributed by atoms with E-state index in [-0.39, 0.29) is 5.76 Å². The van der Waals surface area contributed by atoms with Crippen molar-refractivity contribution in [3.8, 4) is 11.1 Å². The van der Waals surface area contributed by atoms with Crippen LogP contribution in [0.3, 0.4) is 0 Å². The normalized spacial score (nSPS) is 13.4. The summed E-state index contributed by atoms with van der Waals surface area (Å²) in [5.41, 5.74) is 1.55. The molecule has 1 amide bonds. The largest absolute Gasteiger partial charge is 0.481 e. The smallest absolute Gasteiger partial charge is 0.308 e. The molecule has 2 atom stereocenters. The summed E-state index contributed by atoms with van der Waals surface area (Å²) in [4.78, 5) is 23.2. The van der Waals surface area contributed by atoms with Crippen LogP contribution in [-0.4, -0.2) is 23.0 Å². The van der Waals surface area contributed by atoms with Crippen molar-refractivity contribution in [1.82, 2.24) is 5.32 Å². The summed E-state index contributed by atoms with van der Waals surface area (Å²) in [7, 11) is 0. The minimum atomic E-state index is -0.953. The lowest BCUT2D eigenvalue weighted by atomic mass is 10.0. The highest BCUT2D eigenvalue weighted by atomic mass is 16.4. The fraction of sp³-hybridized carbons (Fsp3) is 0.250. The van der Waals surface area contributed by atoms with Crippen molar-refractivity contribution in [2.45, 2.75) is 19.9 Å². The van der Waals surface area contributed by atoms with Crippen LogP contribution in [0.2, 0.25) is 0 Å². The van der Waals surface area contributed by atoms with Gasteiger partial charge in [0.15, 0.2) is 5.76 Å². The summed E-state index contributed by atoms with van der Waals surface area (Å²) in [6.45, 7) is 3.20. The molecule has 2 N–H and O–H groups in total. The van der Waals surface area contributed by atoms with Gasteiger partial charge in [0.2, 0.25) is 0 Å². The fourth-order valence-corrected chi connectivity index (χ4v) is 1.94. The van der Waals surface area contributed by atoms with Gasteiger partial charge in [0.25, 0.3) is 5.91 Å². The molecule has 0 aliphatic heterocycles. The molecule has 1 aromatic heterocycles. The predicted molar refractivity (Wildman–Crippen MR) is 77.9 cm³/mol. The van der Waals surface area contributed by atoms with E-state index < -0.39 is 23.8 Å². The third kappa shape index (κ3) is 3.31. The van der Waals surface area contributed by atoms with Gasteiger partial charge in [0, 0.05) is 11.6 Å². The van der Waals surface area contributed by atoms with Crippen molar-refractivity contribution in [3.05, 3.63) is 48.4 Å². The van der Waals surface area contributed by atoms with E-state index in [1.807, 2.05) is 30.3 Å². The Morgan fingerprint density at radius 3 is 2.43 bits per heavy atom. The van der Waals surface area contributed by atoms with Crippen LogP contribution in [0.5, 0.6) is 0 Å². The second-order valence-electron chi connectivity index (χ2n) is 4.92. The first kappa shape index (κ1) is 14.8. The Balaban J connectivity index is 2.18. The van der Waals surface area contributed by atoms with Crippen molar-refractivity contribution in [2.75, 3.05) is 0 Å². The van der Waals surface area contributed by atoms with Crippen molar-refractivity contribution in [2.24, 2.45) is 5.92 Å². The number of nitrogens with one attached hydrogen (secondary N) is 1.